The average Bonchev–Trinajstić information content (AvgIpc) is 3.43. The molecule has 0 saturated heterocycles. The van der Waals surface area contributed by atoms with Crippen molar-refractivity contribution in [1.82, 2.24) is 5.32 Å². The van der Waals surface area contributed by atoms with Gasteiger partial charge in [0, 0.05) is 17.3 Å². The molecule has 25 heavy (non-hydrogen) atoms. The highest BCUT2D eigenvalue weighted by Gasteiger charge is 2.29. The van der Waals surface area contributed by atoms with Crippen molar-refractivity contribution in [1.29, 1.82) is 0 Å². The zero-order valence-corrected chi connectivity index (χ0v) is 14.5. The number of aryl methyl sites for hydroxylation is 1. The lowest BCUT2D eigenvalue weighted by Crippen LogP contribution is -2.31. The van der Waals surface area contributed by atoms with Crippen LogP contribution in [-0.4, -0.2) is 11.9 Å². The summed E-state index contributed by atoms with van der Waals surface area (Å²) < 4.78 is 0. The summed E-state index contributed by atoms with van der Waals surface area (Å²) in [4.78, 5) is 24.2. The quantitative estimate of drug-likeness (QED) is 0.764. The molecular weight excluding hydrogens is 314 g/mol. The lowest BCUT2D eigenvalue weighted by atomic mass is 10.1. The van der Waals surface area contributed by atoms with Crippen LogP contribution >= 0.6 is 0 Å². The number of carbonyl (C=O) groups excluding carboxylic acids is 2. The van der Waals surface area contributed by atoms with Gasteiger partial charge in [0.25, 0.3) is 0 Å². The van der Waals surface area contributed by atoms with E-state index in [1.165, 1.54) is 0 Å². The molecule has 0 spiro atoms. The third kappa shape index (κ3) is 4.59. The molecule has 5 nitrogen and oxygen atoms in total. The Labute approximate surface area is 147 Å². The maximum Gasteiger partial charge on any atom is 0.319 e. The summed E-state index contributed by atoms with van der Waals surface area (Å²) in [5.41, 5.74) is 3.37. The Kier molecular flexibility index (Phi) is 5.03. The molecule has 3 rings (SSSR count). The maximum atomic E-state index is 12.3. The van der Waals surface area contributed by atoms with E-state index in [0.29, 0.717) is 11.4 Å². The first-order chi connectivity index (χ1) is 12.0. The van der Waals surface area contributed by atoms with E-state index in [2.05, 4.69) is 16.0 Å². The summed E-state index contributed by atoms with van der Waals surface area (Å²) in [6.45, 7) is 3.86. The third-order valence-electron chi connectivity index (χ3n) is 4.35. The molecular formula is C20H23N3O2. The van der Waals surface area contributed by atoms with Crippen LogP contribution in [0, 0.1) is 12.8 Å². The van der Waals surface area contributed by atoms with Gasteiger partial charge in [-0.2, -0.15) is 0 Å². The number of benzene rings is 2. The second kappa shape index (κ2) is 7.38. The van der Waals surface area contributed by atoms with Crippen LogP contribution in [0.2, 0.25) is 0 Å². The maximum absolute atomic E-state index is 12.3. The highest BCUT2D eigenvalue weighted by atomic mass is 16.2. The molecule has 0 bridgehead atoms. The van der Waals surface area contributed by atoms with Crippen molar-refractivity contribution >= 4 is 23.3 Å². The molecule has 1 aliphatic carbocycles. The number of hydrogen-bond acceptors (Lipinski definition) is 2. The largest absolute Gasteiger partial charge is 0.331 e. The van der Waals surface area contributed by atoms with E-state index in [0.717, 1.165) is 24.0 Å². The molecule has 1 unspecified atom stereocenters. The van der Waals surface area contributed by atoms with Crippen LogP contribution in [0.25, 0.3) is 0 Å². The van der Waals surface area contributed by atoms with Crippen LogP contribution in [-0.2, 0) is 4.79 Å². The first kappa shape index (κ1) is 17.0. The lowest BCUT2D eigenvalue weighted by molar-refractivity contribution is -0.117. The zero-order chi connectivity index (χ0) is 17.8. The highest BCUT2D eigenvalue weighted by molar-refractivity contribution is 5.96. The van der Waals surface area contributed by atoms with Gasteiger partial charge in [-0.3, -0.25) is 4.79 Å². The minimum atomic E-state index is -0.273. The van der Waals surface area contributed by atoms with Crippen LogP contribution in [0.4, 0.5) is 16.2 Å². The SMILES string of the molecule is Cc1ccc(NC(=O)C2CC2)cc1NC(=O)NC(C)c1ccccc1. The normalized spacial score (nSPS) is 14.5. The molecule has 0 heterocycles. The Bertz CT molecular complexity index is 770. The second-order valence-corrected chi connectivity index (χ2v) is 6.52. The third-order valence-corrected chi connectivity index (χ3v) is 4.35. The minimum absolute atomic E-state index is 0.0527. The predicted molar refractivity (Wildman–Crippen MR) is 99.5 cm³/mol. The molecule has 5 heteroatoms. The Morgan fingerprint density at radius 1 is 1.04 bits per heavy atom. The van der Waals surface area contributed by atoms with Crippen molar-refractivity contribution in [3.8, 4) is 0 Å². The number of amides is 3. The number of rotatable bonds is 5. The molecule has 2 aromatic carbocycles. The molecule has 2 aromatic rings. The van der Waals surface area contributed by atoms with Gasteiger partial charge in [0.15, 0.2) is 0 Å². The summed E-state index contributed by atoms with van der Waals surface area (Å²) in [6.07, 6.45) is 1.92. The molecule has 0 aromatic heterocycles. The van der Waals surface area contributed by atoms with Crippen molar-refractivity contribution in [2.24, 2.45) is 5.92 Å². The molecule has 0 radical (unpaired) electrons. The zero-order valence-electron chi connectivity index (χ0n) is 14.5. The fourth-order valence-corrected chi connectivity index (χ4v) is 2.60. The number of nitrogens with one attached hydrogen (secondary N) is 3. The number of anilines is 2. The van der Waals surface area contributed by atoms with Gasteiger partial charge in [-0.15, -0.1) is 0 Å². The van der Waals surface area contributed by atoms with Gasteiger partial charge in [0.2, 0.25) is 5.91 Å². The van der Waals surface area contributed by atoms with Gasteiger partial charge in [-0.1, -0.05) is 36.4 Å². The van der Waals surface area contributed by atoms with Gasteiger partial charge in [0.1, 0.15) is 0 Å². The van der Waals surface area contributed by atoms with Gasteiger partial charge >= 0.3 is 6.03 Å². The van der Waals surface area contributed by atoms with E-state index in [1.807, 2.05) is 56.3 Å². The topological polar surface area (TPSA) is 70.2 Å². The van der Waals surface area contributed by atoms with Crippen LogP contribution in [0.3, 0.4) is 0 Å². The molecule has 0 aliphatic heterocycles. The van der Waals surface area contributed by atoms with E-state index in [-0.39, 0.29) is 23.9 Å². The van der Waals surface area contributed by atoms with Crippen molar-refractivity contribution < 1.29 is 9.59 Å². The van der Waals surface area contributed by atoms with Crippen LogP contribution in [0.1, 0.15) is 36.9 Å². The Morgan fingerprint density at radius 3 is 2.44 bits per heavy atom. The first-order valence-electron chi connectivity index (χ1n) is 8.57. The van der Waals surface area contributed by atoms with Crippen molar-refractivity contribution in [2.45, 2.75) is 32.7 Å². The number of hydrogen-bond donors (Lipinski definition) is 3. The lowest BCUT2D eigenvalue weighted by Gasteiger charge is -2.16. The van der Waals surface area contributed by atoms with E-state index in [4.69, 9.17) is 0 Å². The van der Waals surface area contributed by atoms with Crippen LogP contribution in [0.5, 0.6) is 0 Å². The summed E-state index contributed by atoms with van der Waals surface area (Å²) >= 11 is 0. The molecule has 130 valence electrons. The van der Waals surface area contributed by atoms with Crippen LogP contribution < -0.4 is 16.0 Å². The summed E-state index contributed by atoms with van der Waals surface area (Å²) in [7, 11) is 0. The summed E-state index contributed by atoms with van der Waals surface area (Å²) in [6, 6.07) is 15.0. The van der Waals surface area contributed by atoms with Crippen molar-refractivity contribution in [3.05, 3.63) is 59.7 Å². The van der Waals surface area contributed by atoms with Gasteiger partial charge in [-0.05, 0) is 49.9 Å². The molecule has 1 aliphatic rings. The summed E-state index contributed by atoms with van der Waals surface area (Å²) in [5.74, 6) is 0.199. The fraction of sp³-hybridized carbons (Fsp3) is 0.300. The van der Waals surface area contributed by atoms with Gasteiger partial charge in [0.05, 0.1) is 6.04 Å². The van der Waals surface area contributed by atoms with Gasteiger partial charge < -0.3 is 16.0 Å². The van der Waals surface area contributed by atoms with E-state index in [9.17, 15) is 9.59 Å². The van der Waals surface area contributed by atoms with E-state index in [1.54, 1.807) is 6.07 Å². The first-order valence-corrected chi connectivity index (χ1v) is 8.57. The smallest absolute Gasteiger partial charge is 0.319 e. The molecule has 3 amide bonds. The standard InChI is InChI=1S/C20H23N3O2/c1-13-8-11-17(22-19(24)16-9-10-16)12-18(13)23-20(25)21-14(2)15-6-4-3-5-7-15/h3-8,11-12,14,16H,9-10H2,1-2H3,(H,22,24)(H2,21,23,25). The van der Waals surface area contributed by atoms with Crippen molar-refractivity contribution in [3.63, 3.8) is 0 Å². The fourth-order valence-electron chi connectivity index (χ4n) is 2.60. The predicted octanol–water partition coefficient (Wildman–Crippen LogP) is 4.23. The second-order valence-electron chi connectivity index (χ2n) is 6.52. The van der Waals surface area contributed by atoms with Gasteiger partial charge in [-0.25, -0.2) is 4.79 Å². The summed E-state index contributed by atoms with van der Waals surface area (Å²) in [5, 5.41) is 8.69. The minimum Gasteiger partial charge on any atom is -0.331 e. The molecule has 3 N–H and O–H groups in total. The number of urea groups is 1. The molecule has 1 saturated carbocycles. The monoisotopic (exact) mass is 337 g/mol. The van der Waals surface area contributed by atoms with E-state index >= 15 is 0 Å². The highest BCUT2D eigenvalue weighted by Crippen LogP contribution is 2.30. The molecule has 1 fully saturated rings. The van der Waals surface area contributed by atoms with Crippen molar-refractivity contribution in [2.75, 3.05) is 10.6 Å². The average molecular weight is 337 g/mol. The Morgan fingerprint density at radius 2 is 1.76 bits per heavy atom. The number of carbonyl (C=O) groups is 2. The van der Waals surface area contributed by atoms with E-state index < -0.39 is 0 Å². The Hall–Kier alpha value is -2.82. The Balaban J connectivity index is 1.62. The molecule has 1 atom stereocenters. The van der Waals surface area contributed by atoms with Crippen LogP contribution in [0.15, 0.2) is 48.5 Å².